The number of rotatable bonds is 6. The number of nitrogens with zero attached hydrogens (tertiary/aromatic N) is 1. The van der Waals surface area contributed by atoms with Gasteiger partial charge in [0.15, 0.2) is 0 Å². The van der Waals surface area contributed by atoms with E-state index in [1.807, 2.05) is 0 Å². The number of hydrogen-bond donors (Lipinski definition) is 1. The second-order valence-corrected chi connectivity index (χ2v) is 4.29. The number of carbonyl (C=O) groups excluding carboxylic acids is 1. The molecule has 94 valence electrons. The first-order valence-electron chi connectivity index (χ1n) is 5.23. The summed E-state index contributed by atoms with van der Waals surface area (Å²) in [6.07, 6.45) is 1.47. The van der Waals surface area contributed by atoms with Gasteiger partial charge < -0.3 is 15.2 Å². The standard InChI is InChI=1S/C11H16N2O3S/c1-3-16-11(14)8-6-10(13-7-9(8)12)17-5-4-15-2/h6-7H,3-5,12H2,1-2H3. The molecule has 5 nitrogen and oxygen atoms in total. The number of pyridine rings is 1. The Hall–Kier alpha value is -1.27. The first kappa shape index (κ1) is 13.8. The van der Waals surface area contributed by atoms with Crippen LogP contribution in [0.1, 0.15) is 17.3 Å². The maximum absolute atomic E-state index is 11.6. The summed E-state index contributed by atoms with van der Waals surface area (Å²) >= 11 is 1.50. The zero-order chi connectivity index (χ0) is 12.7. The summed E-state index contributed by atoms with van der Waals surface area (Å²) in [4.78, 5) is 15.7. The van der Waals surface area contributed by atoms with E-state index in [0.29, 0.717) is 24.5 Å². The summed E-state index contributed by atoms with van der Waals surface area (Å²) in [5.74, 6) is 0.358. The SMILES string of the molecule is CCOC(=O)c1cc(SCCOC)ncc1N. The minimum absolute atomic E-state index is 0.326. The number of methoxy groups -OCH3 is 1. The predicted octanol–water partition coefficient (Wildman–Crippen LogP) is 1.58. The summed E-state index contributed by atoms with van der Waals surface area (Å²) in [6, 6.07) is 1.65. The molecule has 0 bridgehead atoms. The van der Waals surface area contributed by atoms with E-state index < -0.39 is 5.97 Å². The maximum Gasteiger partial charge on any atom is 0.340 e. The van der Waals surface area contributed by atoms with Crippen molar-refractivity contribution < 1.29 is 14.3 Å². The number of aromatic nitrogens is 1. The Morgan fingerprint density at radius 2 is 2.35 bits per heavy atom. The zero-order valence-electron chi connectivity index (χ0n) is 9.93. The molecule has 1 rings (SSSR count). The third kappa shape index (κ3) is 4.24. The van der Waals surface area contributed by atoms with Crippen molar-refractivity contribution in [2.24, 2.45) is 0 Å². The van der Waals surface area contributed by atoms with Crippen molar-refractivity contribution in [3.05, 3.63) is 17.8 Å². The van der Waals surface area contributed by atoms with Gasteiger partial charge in [0.05, 0.1) is 35.7 Å². The van der Waals surface area contributed by atoms with Crippen molar-refractivity contribution in [2.75, 3.05) is 31.8 Å². The lowest BCUT2D eigenvalue weighted by Crippen LogP contribution is -2.08. The average molecular weight is 256 g/mol. The molecule has 1 heterocycles. The van der Waals surface area contributed by atoms with Crippen LogP contribution >= 0.6 is 11.8 Å². The Labute approximate surface area is 105 Å². The normalized spacial score (nSPS) is 10.2. The van der Waals surface area contributed by atoms with E-state index in [1.165, 1.54) is 18.0 Å². The van der Waals surface area contributed by atoms with Gasteiger partial charge in [0, 0.05) is 12.9 Å². The van der Waals surface area contributed by atoms with Gasteiger partial charge in [0.2, 0.25) is 0 Å². The van der Waals surface area contributed by atoms with E-state index >= 15 is 0 Å². The summed E-state index contributed by atoms with van der Waals surface area (Å²) in [7, 11) is 1.64. The molecule has 1 aromatic heterocycles. The molecule has 0 saturated carbocycles. The fourth-order valence-corrected chi connectivity index (χ4v) is 1.93. The minimum atomic E-state index is -0.416. The number of anilines is 1. The van der Waals surface area contributed by atoms with E-state index in [-0.39, 0.29) is 0 Å². The van der Waals surface area contributed by atoms with Crippen LogP contribution in [0.5, 0.6) is 0 Å². The van der Waals surface area contributed by atoms with Crippen LogP contribution in [-0.2, 0) is 9.47 Å². The number of hydrogen-bond acceptors (Lipinski definition) is 6. The monoisotopic (exact) mass is 256 g/mol. The van der Waals surface area contributed by atoms with Crippen molar-refractivity contribution in [3.8, 4) is 0 Å². The van der Waals surface area contributed by atoms with Gasteiger partial charge in [-0.25, -0.2) is 9.78 Å². The first-order valence-corrected chi connectivity index (χ1v) is 6.22. The van der Waals surface area contributed by atoms with Crippen LogP contribution in [0.25, 0.3) is 0 Å². The number of nitrogens with two attached hydrogens (primary N) is 1. The molecule has 0 spiro atoms. The second kappa shape index (κ2) is 7.13. The molecule has 0 radical (unpaired) electrons. The van der Waals surface area contributed by atoms with Crippen LogP contribution < -0.4 is 5.73 Å². The smallest absolute Gasteiger partial charge is 0.340 e. The summed E-state index contributed by atoms with van der Waals surface area (Å²) in [6.45, 7) is 2.71. The molecular formula is C11H16N2O3S. The number of thioether (sulfide) groups is 1. The van der Waals surface area contributed by atoms with Crippen molar-refractivity contribution >= 4 is 23.4 Å². The molecule has 0 aromatic carbocycles. The molecule has 1 aromatic rings. The second-order valence-electron chi connectivity index (χ2n) is 3.17. The van der Waals surface area contributed by atoms with Crippen LogP contribution in [0.2, 0.25) is 0 Å². The van der Waals surface area contributed by atoms with Crippen molar-refractivity contribution in [1.29, 1.82) is 0 Å². The highest BCUT2D eigenvalue weighted by Crippen LogP contribution is 2.20. The molecule has 0 amide bonds. The fourth-order valence-electron chi connectivity index (χ4n) is 1.14. The third-order valence-electron chi connectivity index (χ3n) is 1.94. The Bertz CT molecular complexity index is 385. The van der Waals surface area contributed by atoms with E-state index in [9.17, 15) is 4.79 Å². The van der Waals surface area contributed by atoms with Crippen LogP contribution in [0, 0.1) is 0 Å². The molecule has 6 heteroatoms. The van der Waals surface area contributed by atoms with E-state index in [0.717, 1.165) is 10.8 Å². The minimum Gasteiger partial charge on any atom is -0.462 e. The maximum atomic E-state index is 11.6. The Morgan fingerprint density at radius 1 is 1.59 bits per heavy atom. The number of esters is 1. The lowest BCUT2D eigenvalue weighted by molar-refractivity contribution is 0.0527. The Kier molecular flexibility index (Phi) is 5.79. The van der Waals surface area contributed by atoms with Gasteiger partial charge in [-0.3, -0.25) is 0 Å². The molecule has 0 unspecified atom stereocenters. The Morgan fingerprint density at radius 3 is 3.00 bits per heavy atom. The van der Waals surface area contributed by atoms with E-state index in [4.69, 9.17) is 15.2 Å². The van der Waals surface area contributed by atoms with Crippen molar-refractivity contribution in [2.45, 2.75) is 11.9 Å². The van der Waals surface area contributed by atoms with Gasteiger partial charge in [-0.05, 0) is 13.0 Å². The summed E-state index contributed by atoms with van der Waals surface area (Å²) in [5, 5.41) is 0.735. The molecule has 0 fully saturated rings. The quantitative estimate of drug-likeness (QED) is 0.473. The van der Waals surface area contributed by atoms with Gasteiger partial charge in [-0.2, -0.15) is 0 Å². The summed E-state index contributed by atoms with van der Waals surface area (Å²) in [5.41, 5.74) is 6.37. The van der Waals surface area contributed by atoms with Gasteiger partial charge in [-0.1, -0.05) is 0 Å². The lowest BCUT2D eigenvalue weighted by Gasteiger charge is -2.07. The predicted molar refractivity (Wildman–Crippen MR) is 67.2 cm³/mol. The summed E-state index contributed by atoms with van der Waals surface area (Å²) < 4.78 is 9.85. The molecule has 0 aliphatic carbocycles. The highest BCUT2D eigenvalue weighted by Gasteiger charge is 2.12. The third-order valence-corrected chi connectivity index (χ3v) is 2.83. The largest absolute Gasteiger partial charge is 0.462 e. The lowest BCUT2D eigenvalue weighted by atomic mass is 10.2. The van der Waals surface area contributed by atoms with E-state index in [1.54, 1.807) is 20.1 Å². The number of carbonyl (C=O) groups is 1. The van der Waals surface area contributed by atoms with Crippen molar-refractivity contribution in [1.82, 2.24) is 4.98 Å². The molecule has 2 N–H and O–H groups in total. The molecular weight excluding hydrogens is 240 g/mol. The zero-order valence-corrected chi connectivity index (χ0v) is 10.8. The topological polar surface area (TPSA) is 74.4 Å². The molecule has 0 atom stereocenters. The van der Waals surface area contributed by atoms with Crippen molar-refractivity contribution in [3.63, 3.8) is 0 Å². The highest BCUT2D eigenvalue weighted by atomic mass is 32.2. The Balaban J connectivity index is 2.75. The van der Waals surface area contributed by atoms with Crippen LogP contribution in [0.4, 0.5) is 5.69 Å². The van der Waals surface area contributed by atoms with Crippen LogP contribution in [0.3, 0.4) is 0 Å². The van der Waals surface area contributed by atoms with Gasteiger partial charge >= 0.3 is 5.97 Å². The van der Waals surface area contributed by atoms with Gasteiger partial charge in [0.1, 0.15) is 0 Å². The van der Waals surface area contributed by atoms with Crippen LogP contribution in [0.15, 0.2) is 17.3 Å². The number of ether oxygens (including phenoxy) is 2. The number of nitrogen functional groups attached to an aromatic ring is 1. The first-order chi connectivity index (χ1) is 8.19. The van der Waals surface area contributed by atoms with Gasteiger partial charge in [-0.15, -0.1) is 11.8 Å². The fraction of sp³-hybridized carbons (Fsp3) is 0.455. The van der Waals surface area contributed by atoms with E-state index in [2.05, 4.69) is 4.98 Å². The van der Waals surface area contributed by atoms with Gasteiger partial charge in [0.25, 0.3) is 0 Å². The van der Waals surface area contributed by atoms with Crippen LogP contribution in [-0.4, -0.2) is 37.0 Å². The molecule has 17 heavy (non-hydrogen) atoms. The molecule has 0 aliphatic rings. The molecule has 0 aliphatic heterocycles. The average Bonchev–Trinajstić information content (AvgIpc) is 2.32. The molecule has 0 saturated heterocycles. The highest BCUT2D eigenvalue weighted by molar-refractivity contribution is 7.99.